The molecule has 1 aromatic heterocycles. The molecule has 2 heterocycles. The third-order valence-electron chi connectivity index (χ3n) is 4.60. The highest BCUT2D eigenvalue weighted by Crippen LogP contribution is 2.23. The van der Waals surface area contributed by atoms with Gasteiger partial charge in [0.05, 0.1) is 47.5 Å². The zero-order chi connectivity index (χ0) is 22.6. The molecule has 166 valence electrons. The van der Waals surface area contributed by atoms with Gasteiger partial charge < -0.3 is 19.1 Å². The van der Waals surface area contributed by atoms with Gasteiger partial charge in [0.25, 0.3) is 5.91 Å². The maximum absolute atomic E-state index is 12.9. The molecular formula is C20H21ClN2O7S. The Balaban J connectivity index is 1.64. The lowest BCUT2D eigenvalue weighted by atomic mass is 10.1. The maximum atomic E-state index is 12.9. The fourth-order valence-corrected chi connectivity index (χ4v) is 3.96. The van der Waals surface area contributed by atoms with E-state index in [1.54, 1.807) is 4.90 Å². The fraction of sp³-hybridized carbons (Fsp3) is 0.350. The number of benzene rings is 1. The lowest BCUT2D eigenvalue weighted by molar-refractivity contribution is -0.0401. The Morgan fingerprint density at radius 1 is 1.29 bits per heavy atom. The van der Waals surface area contributed by atoms with Crippen LogP contribution in [0.5, 0.6) is 5.75 Å². The lowest BCUT2D eigenvalue weighted by Gasteiger charge is -2.33. The number of rotatable bonds is 6. The van der Waals surface area contributed by atoms with Crippen LogP contribution in [-0.2, 0) is 19.3 Å². The van der Waals surface area contributed by atoms with E-state index in [9.17, 15) is 18.0 Å². The Kier molecular flexibility index (Phi) is 7.14. The third-order valence-corrected chi connectivity index (χ3v) is 6.02. The molecule has 0 aliphatic carbocycles. The summed E-state index contributed by atoms with van der Waals surface area (Å²) in [7, 11) is -2.15. The summed E-state index contributed by atoms with van der Waals surface area (Å²) in [4.78, 5) is 30.0. The van der Waals surface area contributed by atoms with Gasteiger partial charge in [-0.1, -0.05) is 11.6 Å². The van der Waals surface area contributed by atoms with Gasteiger partial charge in [-0.15, -0.1) is 0 Å². The Bertz CT molecular complexity index is 1090. The average molecular weight is 469 g/mol. The molecule has 1 aromatic carbocycles. The number of aromatic nitrogens is 1. The first-order valence-corrected chi connectivity index (χ1v) is 11.5. The van der Waals surface area contributed by atoms with Gasteiger partial charge in [-0.2, -0.15) is 0 Å². The summed E-state index contributed by atoms with van der Waals surface area (Å²) < 4.78 is 39.3. The molecule has 1 saturated heterocycles. The van der Waals surface area contributed by atoms with Gasteiger partial charge in [-0.3, -0.25) is 9.78 Å². The van der Waals surface area contributed by atoms with Crippen molar-refractivity contribution in [3.8, 4) is 5.75 Å². The number of hydrogen-bond donors (Lipinski definition) is 0. The van der Waals surface area contributed by atoms with Crippen LogP contribution in [0.3, 0.4) is 0 Å². The molecule has 31 heavy (non-hydrogen) atoms. The van der Waals surface area contributed by atoms with E-state index in [4.69, 9.17) is 21.1 Å². The van der Waals surface area contributed by atoms with Crippen LogP contribution in [0, 0.1) is 0 Å². The van der Waals surface area contributed by atoms with Gasteiger partial charge in [0.1, 0.15) is 18.5 Å². The van der Waals surface area contributed by atoms with Gasteiger partial charge in [0.2, 0.25) is 0 Å². The van der Waals surface area contributed by atoms with Crippen molar-refractivity contribution < 1.29 is 32.2 Å². The van der Waals surface area contributed by atoms with Crippen LogP contribution in [0.15, 0.2) is 41.6 Å². The number of nitrogens with zero attached hydrogens (tertiary/aromatic N) is 2. The molecule has 3 rings (SSSR count). The number of carbonyl (C=O) groups is 2. The third kappa shape index (κ3) is 5.72. The SMILES string of the molecule is COC(=O)c1cncc(OCC2CN(C(=O)c3ccc(S(C)(=O)=O)cc3Cl)CCO2)c1. The van der Waals surface area contributed by atoms with Gasteiger partial charge in [0.15, 0.2) is 9.84 Å². The number of morpholine rings is 1. The molecule has 11 heteroatoms. The first kappa shape index (κ1) is 23.0. The number of hydrogen-bond acceptors (Lipinski definition) is 8. The summed E-state index contributed by atoms with van der Waals surface area (Å²) in [5.74, 6) is -0.482. The van der Waals surface area contributed by atoms with Gasteiger partial charge in [0, 0.05) is 19.0 Å². The van der Waals surface area contributed by atoms with E-state index in [1.807, 2.05) is 0 Å². The first-order chi connectivity index (χ1) is 14.7. The molecule has 0 N–H and O–H groups in total. The molecule has 9 nitrogen and oxygen atoms in total. The molecule has 0 radical (unpaired) electrons. The maximum Gasteiger partial charge on any atom is 0.339 e. The minimum atomic E-state index is -3.43. The van der Waals surface area contributed by atoms with E-state index < -0.39 is 21.9 Å². The van der Waals surface area contributed by atoms with Gasteiger partial charge >= 0.3 is 5.97 Å². The van der Waals surface area contributed by atoms with Crippen molar-refractivity contribution in [3.05, 3.63) is 52.8 Å². The number of methoxy groups -OCH3 is 1. The number of sulfone groups is 1. The van der Waals surface area contributed by atoms with Crippen LogP contribution in [0.2, 0.25) is 5.02 Å². The second-order valence-electron chi connectivity index (χ2n) is 6.87. The molecule has 1 aliphatic heterocycles. The van der Waals surface area contributed by atoms with E-state index in [2.05, 4.69) is 9.72 Å². The quantitative estimate of drug-likeness (QED) is 0.590. The molecular weight excluding hydrogens is 448 g/mol. The zero-order valence-electron chi connectivity index (χ0n) is 16.9. The number of pyridine rings is 1. The Morgan fingerprint density at radius 3 is 2.74 bits per heavy atom. The smallest absolute Gasteiger partial charge is 0.339 e. The molecule has 2 aromatic rings. The highest BCUT2D eigenvalue weighted by Gasteiger charge is 2.27. The van der Waals surface area contributed by atoms with E-state index in [0.29, 0.717) is 18.9 Å². The standard InChI is InChI=1S/C20H21ClN2O7S/c1-28-20(25)13-7-14(10-22-9-13)30-12-15-11-23(5-6-29-15)19(24)17-4-3-16(8-18(17)21)31(2,26)27/h3-4,7-10,15H,5-6,11-12H2,1-2H3. The number of carbonyl (C=O) groups excluding carboxylic acids is 2. The molecule has 1 unspecified atom stereocenters. The predicted molar refractivity (Wildman–Crippen MR) is 111 cm³/mol. The average Bonchev–Trinajstić information content (AvgIpc) is 2.76. The second kappa shape index (κ2) is 9.63. The van der Waals surface area contributed by atoms with Crippen molar-refractivity contribution in [2.24, 2.45) is 0 Å². The van der Waals surface area contributed by atoms with Crippen LogP contribution in [0.4, 0.5) is 0 Å². The van der Waals surface area contributed by atoms with Crippen LogP contribution in [0.1, 0.15) is 20.7 Å². The van der Waals surface area contributed by atoms with Crippen molar-refractivity contribution >= 4 is 33.3 Å². The predicted octanol–water partition coefficient (Wildman–Crippen LogP) is 1.85. The number of amides is 1. The highest BCUT2D eigenvalue weighted by atomic mass is 35.5. The lowest BCUT2D eigenvalue weighted by Crippen LogP contribution is -2.47. The van der Waals surface area contributed by atoms with Crippen molar-refractivity contribution in [1.82, 2.24) is 9.88 Å². The Labute approximate surface area is 184 Å². The van der Waals surface area contributed by atoms with Gasteiger partial charge in [-0.25, -0.2) is 13.2 Å². The van der Waals surface area contributed by atoms with E-state index in [1.165, 1.54) is 43.8 Å². The minimum absolute atomic E-state index is 0.0464. The monoisotopic (exact) mass is 468 g/mol. The highest BCUT2D eigenvalue weighted by molar-refractivity contribution is 7.90. The number of halogens is 1. The van der Waals surface area contributed by atoms with Crippen molar-refractivity contribution in [1.29, 1.82) is 0 Å². The molecule has 1 atom stereocenters. The van der Waals surface area contributed by atoms with E-state index in [-0.39, 0.29) is 40.1 Å². The molecule has 1 amide bonds. The number of esters is 1. The zero-order valence-corrected chi connectivity index (χ0v) is 18.5. The van der Waals surface area contributed by atoms with E-state index in [0.717, 1.165) is 6.26 Å². The largest absolute Gasteiger partial charge is 0.489 e. The molecule has 1 fully saturated rings. The van der Waals surface area contributed by atoms with E-state index >= 15 is 0 Å². The fourth-order valence-electron chi connectivity index (χ4n) is 2.99. The van der Waals surface area contributed by atoms with Crippen molar-refractivity contribution in [3.63, 3.8) is 0 Å². The van der Waals surface area contributed by atoms with Gasteiger partial charge in [-0.05, 0) is 24.3 Å². The normalized spacial score (nSPS) is 16.6. The molecule has 0 bridgehead atoms. The second-order valence-corrected chi connectivity index (χ2v) is 9.29. The summed E-state index contributed by atoms with van der Waals surface area (Å²) in [5.41, 5.74) is 0.471. The Hall–Kier alpha value is -2.69. The summed E-state index contributed by atoms with van der Waals surface area (Å²) in [6.45, 7) is 1.06. The Morgan fingerprint density at radius 2 is 2.06 bits per heavy atom. The summed E-state index contributed by atoms with van der Waals surface area (Å²) in [6.07, 6.45) is 3.49. The van der Waals surface area contributed by atoms with Crippen LogP contribution in [0.25, 0.3) is 0 Å². The van der Waals surface area contributed by atoms with Crippen LogP contribution in [-0.4, -0.2) is 76.0 Å². The van der Waals surface area contributed by atoms with Crippen LogP contribution < -0.4 is 4.74 Å². The van der Waals surface area contributed by atoms with Crippen LogP contribution >= 0.6 is 11.6 Å². The first-order valence-electron chi connectivity index (χ1n) is 9.25. The topological polar surface area (TPSA) is 112 Å². The van der Waals surface area contributed by atoms with Crippen molar-refractivity contribution in [2.45, 2.75) is 11.0 Å². The summed E-state index contributed by atoms with van der Waals surface area (Å²) >= 11 is 6.17. The van der Waals surface area contributed by atoms with Crippen molar-refractivity contribution in [2.75, 3.05) is 39.7 Å². The summed E-state index contributed by atoms with van der Waals surface area (Å²) in [5, 5.41) is 0.0675. The number of ether oxygens (including phenoxy) is 3. The molecule has 0 saturated carbocycles. The summed E-state index contributed by atoms with van der Waals surface area (Å²) in [6, 6.07) is 5.54. The minimum Gasteiger partial charge on any atom is -0.489 e. The molecule has 1 aliphatic rings. The molecule has 0 spiro atoms.